The minimum absolute atomic E-state index is 0.0157. The molecule has 0 bridgehead atoms. The Labute approximate surface area is 86.8 Å². The minimum Gasteiger partial charge on any atom is -0.336 e. The van der Waals surface area contributed by atoms with Crippen LogP contribution in [0.2, 0.25) is 0 Å². The lowest BCUT2D eigenvalue weighted by atomic mass is 10.3. The SMILES string of the molecule is CC(F)(F)C(=O)N1CCS(=O)(=NN)CC1. The predicted molar refractivity (Wildman–Crippen MR) is 51.7 cm³/mol. The van der Waals surface area contributed by atoms with Crippen LogP contribution in [0.5, 0.6) is 0 Å². The van der Waals surface area contributed by atoms with Crippen molar-refractivity contribution >= 4 is 15.6 Å². The number of carbonyl (C=O) groups excluding carboxylic acids is 1. The quantitative estimate of drug-likeness (QED) is 0.511. The lowest BCUT2D eigenvalue weighted by Crippen LogP contribution is -2.49. The van der Waals surface area contributed by atoms with Crippen molar-refractivity contribution in [1.82, 2.24) is 4.90 Å². The van der Waals surface area contributed by atoms with Crippen molar-refractivity contribution in [3.63, 3.8) is 0 Å². The summed E-state index contributed by atoms with van der Waals surface area (Å²) in [6, 6.07) is 0. The molecule has 0 aromatic rings. The Morgan fingerprint density at radius 1 is 1.47 bits per heavy atom. The van der Waals surface area contributed by atoms with Gasteiger partial charge in [0, 0.05) is 20.0 Å². The van der Waals surface area contributed by atoms with Crippen LogP contribution >= 0.6 is 0 Å². The van der Waals surface area contributed by atoms with Gasteiger partial charge in [0.2, 0.25) is 0 Å². The highest BCUT2D eigenvalue weighted by Crippen LogP contribution is 2.17. The van der Waals surface area contributed by atoms with E-state index in [2.05, 4.69) is 4.47 Å². The molecular formula is C7H13F2N3O2S. The number of halogens is 2. The molecule has 5 nitrogen and oxygen atoms in total. The molecule has 0 radical (unpaired) electrons. The van der Waals surface area contributed by atoms with Gasteiger partial charge in [0.15, 0.2) is 0 Å². The van der Waals surface area contributed by atoms with Crippen molar-refractivity contribution in [2.75, 3.05) is 24.6 Å². The molecule has 0 atom stereocenters. The van der Waals surface area contributed by atoms with Gasteiger partial charge < -0.3 is 4.90 Å². The number of hydrogen-bond acceptors (Lipinski definition) is 3. The number of carbonyl (C=O) groups is 1. The number of hydrogen-bond donors (Lipinski definition) is 1. The summed E-state index contributed by atoms with van der Waals surface area (Å²) in [4.78, 5) is 12.1. The molecule has 1 aliphatic rings. The Balaban J connectivity index is 2.67. The number of rotatable bonds is 1. The highest BCUT2D eigenvalue weighted by molar-refractivity contribution is 7.93. The molecule has 1 rings (SSSR count). The third kappa shape index (κ3) is 2.85. The third-order valence-electron chi connectivity index (χ3n) is 2.22. The molecule has 88 valence electrons. The highest BCUT2D eigenvalue weighted by atomic mass is 32.2. The molecule has 1 heterocycles. The van der Waals surface area contributed by atoms with E-state index in [-0.39, 0.29) is 24.6 Å². The smallest absolute Gasteiger partial charge is 0.322 e. The first-order chi connectivity index (χ1) is 6.78. The van der Waals surface area contributed by atoms with Crippen LogP contribution in [0.1, 0.15) is 6.92 Å². The molecule has 0 saturated carbocycles. The van der Waals surface area contributed by atoms with Crippen molar-refractivity contribution in [2.24, 2.45) is 10.3 Å². The molecule has 1 aliphatic heterocycles. The van der Waals surface area contributed by atoms with Crippen LogP contribution in [-0.2, 0) is 14.5 Å². The Bertz CT molecular complexity index is 357. The molecule has 0 aromatic heterocycles. The van der Waals surface area contributed by atoms with Crippen LogP contribution in [0.3, 0.4) is 0 Å². The molecule has 2 N–H and O–H groups in total. The van der Waals surface area contributed by atoms with Crippen LogP contribution in [0.25, 0.3) is 0 Å². The normalized spacial score (nSPS) is 21.2. The number of nitrogens with zero attached hydrogens (tertiary/aromatic N) is 2. The predicted octanol–water partition coefficient (Wildman–Crippen LogP) is -0.174. The van der Waals surface area contributed by atoms with E-state index in [0.717, 1.165) is 4.90 Å². The number of amides is 1. The molecule has 1 saturated heterocycles. The monoisotopic (exact) mass is 241 g/mol. The van der Waals surface area contributed by atoms with E-state index in [9.17, 15) is 17.8 Å². The van der Waals surface area contributed by atoms with Crippen molar-refractivity contribution in [2.45, 2.75) is 12.8 Å². The van der Waals surface area contributed by atoms with Crippen LogP contribution in [0, 0.1) is 0 Å². The lowest BCUT2D eigenvalue weighted by molar-refractivity contribution is -0.154. The van der Waals surface area contributed by atoms with Crippen LogP contribution in [0.4, 0.5) is 8.78 Å². The van der Waals surface area contributed by atoms with E-state index in [4.69, 9.17) is 5.84 Å². The fourth-order valence-electron chi connectivity index (χ4n) is 1.31. The van der Waals surface area contributed by atoms with Gasteiger partial charge in [0.05, 0.1) is 21.2 Å². The second-order valence-electron chi connectivity index (χ2n) is 3.47. The largest absolute Gasteiger partial charge is 0.336 e. The minimum atomic E-state index is -3.38. The van der Waals surface area contributed by atoms with Gasteiger partial charge in [-0.15, -0.1) is 0 Å². The van der Waals surface area contributed by atoms with E-state index < -0.39 is 21.6 Å². The van der Waals surface area contributed by atoms with E-state index in [0.29, 0.717) is 6.92 Å². The van der Waals surface area contributed by atoms with E-state index in [1.54, 1.807) is 0 Å². The second kappa shape index (κ2) is 4.01. The summed E-state index contributed by atoms with van der Waals surface area (Å²) in [6.07, 6.45) is 0. The fraction of sp³-hybridized carbons (Fsp3) is 0.857. The van der Waals surface area contributed by atoms with Crippen molar-refractivity contribution < 1.29 is 17.8 Å². The fourth-order valence-corrected chi connectivity index (χ4v) is 2.73. The number of nitrogens with two attached hydrogens (primary N) is 1. The van der Waals surface area contributed by atoms with E-state index in [1.807, 2.05) is 0 Å². The summed E-state index contributed by atoms with van der Waals surface area (Å²) < 4.78 is 40.1. The molecule has 1 fully saturated rings. The molecule has 0 unspecified atom stereocenters. The summed E-state index contributed by atoms with van der Waals surface area (Å²) in [5.74, 6) is 0.452. The van der Waals surface area contributed by atoms with Gasteiger partial charge in [0.25, 0.3) is 5.91 Å². The molecule has 1 amide bonds. The van der Waals surface area contributed by atoms with Crippen molar-refractivity contribution in [3.8, 4) is 0 Å². The summed E-state index contributed by atoms with van der Waals surface area (Å²) in [5.41, 5.74) is 0. The molecule has 0 aromatic carbocycles. The topological polar surface area (TPSA) is 75.8 Å². The molecule has 8 heteroatoms. The molecule has 0 spiro atoms. The van der Waals surface area contributed by atoms with Crippen LogP contribution in [0.15, 0.2) is 4.47 Å². The summed E-state index contributed by atoms with van der Waals surface area (Å²) in [7, 11) is -2.48. The van der Waals surface area contributed by atoms with Gasteiger partial charge >= 0.3 is 5.92 Å². The molecule has 0 aliphatic carbocycles. The molecular weight excluding hydrogens is 228 g/mol. The van der Waals surface area contributed by atoms with Crippen molar-refractivity contribution in [1.29, 1.82) is 0 Å². The second-order valence-corrected chi connectivity index (χ2v) is 6.04. The van der Waals surface area contributed by atoms with E-state index in [1.165, 1.54) is 0 Å². The summed E-state index contributed by atoms with van der Waals surface area (Å²) >= 11 is 0. The maximum atomic E-state index is 12.7. The summed E-state index contributed by atoms with van der Waals surface area (Å²) in [6.45, 7) is 0.581. The Morgan fingerprint density at radius 3 is 2.27 bits per heavy atom. The zero-order valence-electron chi connectivity index (χ0n) is 8.28. The van der Waals surface area contributed by atoms with E-state index >= 15 is 0 Å². The standard InChI is InChI=1S/C7H13F2N3O2S/c1-7(8,9)6(13)12-2-4-15(14,11-10)5-3-12/h2-5,10H2,1H3. The average molecular weight is 241 g/mol. The highest BCUT2D eigenvalue weighted by Gasteiger charge is 2.38. The van der Waals surface area contributed by atoms with Crippen LogP contribution < -0.4 is 5.84 Å². The Hall–Kier alpha value is -0.760. The summed E-state index contributed by atoms with van der Waals surface area (Å²) in [5, 5.41) is 0. The van der Waals surface area contributed by atoms with Gasteiger partial charge in [-0.3, -0.25) is 4.79 Å². The van der Waals surface area contributed by atoms with Crippen LogP contribution in [-0.4, -0.2) is 45.5 Å². The zero-order valence-corrected chi connectivity index (χ0v) is 9.10. The van der Waals surface area contributed by atoms with Crippen molar-refractivity contribution in [3.05, 3.63) is 0 Å². The van der Waals surface area contributed by atoms with Gasteiger partial charge in [-0.1, -0.05) is 0 Å². The molecule has 15 heavy (non-hydrogen) atoms. The van der Waals surface area contributed by atoms with Gasteiger partial charge in [-0.05, 0) is 0 Å². The zero-order chi connectivity index (χ0) is 11.7. The maximum Gasteiger partial charge on any atom is 0.322 e. The van der Waals surface area contributed by atoms with Gasteiger partial charge in [-0.2, -0.15) is 13.3 Å². The Kier molecular flexibility index (Phi) is 3.29. The maximum absolute atomic E-state index is 12.7. The first kappa shape index (κ1) is 12.3. The van der Waals surface area contributed by atoms with Gasteiger partial charge in [-0.25, -0.2) is 10.1 Å². The average Bonchev–Trinajstić information content (AvgIpc) is 2.17. The lowest BCUT2D eigenvalue weighted by Gasteiger charge is -2.30. The first-order valence-electron chi connectivity index (χ1n) is 4.37. The third-order valence-corrected chi connectivity index (χ3v) is 4.24. The number of alkyl halides is 2. The Morgan fingerprint density at radius 2 is 1.93 bits per heavy atom. The first-order valence-corrected chi connectivity index (χ1v) is 6.23. The van der Waals surface area contributed by atoms with Gasteiger partial charge in [0.1, 0.15) is 0 Å².